The van der Waals surface area contributed by atoms with E-state index in [1.807, 2.05) is 66.7 Å². The van der Waals surface area contributed by atoms with E-state index in [4.69, 9.17) is 14.2 Å². The first-order chi connectivity index (χ1) is 17.1. The van der Waals surface area contributed by atoms with Gasteiger partial charge >= 0.3 is 12.1 Å². The summed E-state index contributed by atoms with van der Waals surface area (Å²) in [4.78, 5) is 26.3. The molecule has 1 aliphatic rings. The van der Waals surface area contributed by atoms with Gasteiger partial charge in [0, 0.05) is 5.92 Å². The normalized spacial score (nSPS) is 16.6. The van der Waals surface area contributed by atoms with E-state index in [9.17, 15) is 14.7 Å². The quantitative estimate of drug-likeness (QED) is 0.451. The van der Waals surface area contributed by atoms with Gasteiger partial charge in [0.2, 0.25) is 0 Å². The number of benzene rings is 3. The van der Waals surface area contributed by atoms with Crippen LogP contribution in [0, 0.1) is 5.92 Å². The second-order valence-electron chi connectivity index (χ2n) is 8.24. The summed E-state index contributed by atoms with van der Waals surface area (Å²) in [6.07, 6.45) is -0.0847. The lowest BCUT2D eigenvalue weighted by atomic mass is 9.81. The lowest BCUT2D eigenvalue weighted by Crippen LogP contribution is -2.31. The standard InChI is InChI=1S/C28H29NO6/c1-2-33-26(30)19-34-25-15-9-14-24-23(25)17-16-20(27(24)31)18-35-28(32)29(21-10-5-3-6-11-21)22-12-7-4-8-13-22/h3-15,20,27,31H,2,16-19H2,1H3/t20-,27+/m0/s1. The van der Waals surface area contributed by atoms with E-state index in [1.54, 1.807) is 19.1 Å². The number of amides is 1. The molecule has 3 aromatic carbocycles. The smallest absolute Gasteiger partial charge is 0.418 e. The van der Waals surface area contributed by atoms with Crippen molar-refractivity contribution >= 4 is 23.4 Å². The van der Waals surface area contributed by atoms with Crippen molar-refractivity contribution in [2.45, 2.75) is 25.9 Å². The number of esters is 1. The number of para-hydroxylation sites is 2. The Morgan fingerprint density at radius 2 is 1.57 bits per heavy atom. The lowest BCUT2D eigenvalue weighted by Gasteiger charge is -2.31. The summed E-state index contributed by atoms with van der Waals surface area (Å²) in [5.74, 6) is -0.142. The van der Waals surface area contributed by atoms with Crippen molar-refractivity contribution in [3.8, 4) is 5.75 Å². The Bertz CT molecular complexity index is 1100. The molecule has 4 rings (SSSR count). The van der Waals surface area contributed by atoms with Gasteiger partial charge in [0.05, 0.1) is 30.7 Å². The van der Waals surface area contributed by atoms with E-state index < -0.39 is 18.2 Å². The number of hydrogen-bond acceptors (Lipinski definition) is 6. The number of aliphatic hydroxyl groups excluding tert-OH is 1. The van der Waals surface area contributed by atoms with Gasteiger partial charge in [-0.15, -0.1) is 0 Å². The Kier molecular flexibility index (Phi) is 8.00. The first-order valence-corrected chi connectivity index (χ1v) is 11.7. The van der Waals surface area contributed by atoms with E-state index in [2.05, 4.69) is 0 Å². The molecule has 0 unspecified atom stereocenters. The maximum absolute atomic E-state index is 13.2. The van der Waals surface area contributed by atoms with Crippen LogP contribution in [0.1, 0.15) is 30.6 Å². The number of hydrogen-bond donors (Lipinski definition) is 1. The summed E-state index contributed by atoms with van der Waals surface area (Å²) in [5, 5.41) is 11.0. The number of rotatable bonds is 8. The summed E-state index contributed by atoms with van der Waals surface area (Å²) >= 11 is 0. The summed E-state index contributed by atoms with van der Waals surface area (Å²) < 4.78 is 16.3. The van der Waals surface area contributed by atoms with E-state index in [0.717, 1.165) is 11.1 Å². The molecule has 0 radical (unpaired) electrons. The molecule has 2 atom stereocenters. The Balaban J connectivity index is 1.44. The molecule has 7 nitrogen and oxygen atoms in total. The Morgan fingerprint density at radius 3 is 2.20 bits per heavy atom. The van der Waals surface area contributed by atoms with Crippen molar-refractivity contribution in [1.29, 1.82) is 0 Å². The van der Waals surface area contributed by atoms with Gasteiger partial charge in [-0.05, 0) is 61.2 Å². The molecule has 1 aliphatic carbocycles. The molecule has 1 amide bonds. The number of ether oxygens (including phenoxy) is 3. The minimum absolute atomic E-state index is 0.0729. The average molecular weight is 476 g/mol. The van der Waals surface area contributed by atoms with Gasteiger partial charge in [-0.25, -0.2) is 14.5 Å². The third-order valence-electron chi connectivity index (χ3n) is 5.98. The molecule has 0 heterocycles. The average Bonchev–Trinajstić information content (AvgIpc) is 2.89. The SMILES string of the molecule is CCOC(=O)COc1cccc2c1CC[C@@H](COC(=O)N(c1ccccc1)c1ccccc1)[C@H]2O. The molecule has 7 heteroatoms. The van der Waals surface area contributed by atoms with Crippen LogP contribution in [0.5, 0.6) is 5.75 Å². The molecule has 0 aliphatic heterocycles. The summed E-state index contributed by atoms with van der Waals surface area (Å²) in [6, 6.07) is 24.0. The lowest BCUT2D eigenvalue weighted by molar-refractivity contribution is -0.145. The van der Waals surface area contributed by atoms with Crippen LogP contribution < -0.4 is 9.64 Å². The largest absolute Gasteiger partial charge is 0.482 e. The monoisotopic (exact) mass is 475 g/mol. The predicted molar refractivity (Wildman–Crippen MR) is 132 cm³/mol. The van der Waals surface area contributed by atoms with Crippen LogP contribution in [0.2, 0.25) is 0 Å². The molecule has 0 saturated carbocycles. The van der Waals surface area contributed by atoms with Gasteiger partial charge in [-0.1, -0.05) is 48.5 Å². The molecular weight excluding hydrogens is 446 g/mol. The fourth-order valence-corrected chi connectivity index (χ4v) is 4.27. The molecule has 3 aromatic rings. The molecule has 1 N–H and O–H groups in total. The first-order valence-electron chi connectivity index (χ1n) is 11.7. The zero-order valence-corrected chi connectivity index (χ0v) is 19.6. The highest BCUT2D eigenvalue weighted by Gasteiger charge is 2.32. The van der Waals surface area contributed by atoms with E-state index in [1.165, 1.54) is 4.90 Å². The number of aliphatic hydroxyl groups is 1. The van der Waals surface area contributed by atoms with Crippen molar-refractivity contribution < 1.29 is 28.9 Å². The minimum Gasteiger partial charge on any atom is -0.482 e. The highest BCUT2D eigenvalue weighted by atomic mass is 16.6. The van der Waals surface area contributed by atoms with E-state index >= 15 is 0 Å². The summed E-state index contributed by atoms with van der Waals surface area (Å²) in [5.41, 5.74) is 2.98. The van der Waals surface area contributed by atoms with Crippen LogP contribution >= 0.6 is 0 Å². The molecule has 0 aromatic heterocycles. The first kappa shape index (κ1) is 24.3. The van der Waals surface area contributed by atoms with E-state index in [0.29, 0.717) is 36.6 Å². The van der Waals surface area contributed by atoms with Crippen molar-refractivity contribution in [1.82, 2.24) is 0 Å². The second kappa shape index (κ2) is 11.5. The maximum atomic E-state index is 13.2. The van der Waals surface area contributed by atoms with Crippen LogP contribution in [0.3, 0.4) is 0 Å². The zero-order chi connectivity index (χ0) is 24.6. The van der Waals surface area contributed by atoms with Crippen LogP contribution in [-0.2, 0) is 20.7 Å². The third-order valence-corrected chi connectivity index (χ3v) is 5.98. The fraction of sp³-hybridized carbons (Fsp3) is 0.286. The van der Waals surface area contributed by atoms with Crippen molar-refractivity contribution in [2.75, 3.05) is 24.7 Å². The number of fused-ring (bicyclic) bond motifs is 1. The van der Waals surface area contributed by atoms with Gasteiger partial charge in [-0.3, -0.25) is 0 Å². The van der Waals surface area contributed by atoms with E-state index in [-0.39, 0.29) is 19.1 Å². The van der Waals surface area contributed by atoms with Crippen molar-refractivity contribution in [3.63, 3.8) is 0 Å². The van der Waals surface area contributed by atoms with Gasteiger partial charge < -0.3 is 19.3 Å². The maximum Gasteiger partial charge on any atom is 0.418 e. The van der Waals surface area contributed by atoms with Crippen LogP contribution in [0.15, 0.2) is 78.9 Å². The van der Waals surface area contributed by atoms with Crippen molar-refractivity contribution in [3.05, 3.63) is 90.0 Å². The van der Waals surface area contributed by atoms with Crippen LogP contribution in [0.25, 0.3) is 0 Å². The van der Waals surface area contributed by atoms with Crippen LogP contribution in [0.4, 0.5) is 16.2 Å². The summed E-state index contributed by atoms with van der Waals surface area (Å²) in [7, 11) is 0. The number of nitrogens with zero attached hydrogens (tertiary/aromatic N) is 1. The minimum atomic E-state index is -0.820. The third kappa shape index (κ3) is 5.81. The van der Waals surface area contributed by atoms with Crippen LogP contribution in [-0.4, -0.2) is 37.0 Å². The topological polar surface area (TPSA) is 85.3 Å². The molecule has 0 saturated heterocycles. The second-order valence-corrected chi connectivity index (χ2v) is 8.24. The van der Waals surface area contributed by atoms with Crippen molar-refractivity contribution in [2.24, 2.45) is 5.92 Å². The molecule has 35 heavy (non-hydrogen) atoms. The summed E-state index contributed by atoms with van der Waals surface area (Å²) in [6.45, 7) is 1.92. The molecule has 0 fully saturated rings. The Labute approximate surface area is 204 Å². The van der Waals surface area contributed by atoms with Gasteiger partial charge in [0.15, 0.2) is 6.61 Å². The molecule has 0 bridgehead atoms. The molecule has 182 valence electrons. The molecule has 0 spiro atoms. The van der Waals surface area contributed by atoms with Gasteiger partial charge in [-0.2, -0.15) is 0 Å². The van der Waals surface area contributed by atoms with Gasteiger partial charge in [0.25, 0.3) is 0 Å². The number of anilines is 2. The fourth-order valence-electron chi connectivity index (χ4n) is 4.27. The molecular formula is C28H29NO6. The predicted octanol–water partition coefficient (Wildman–Crippen LogP) is 5.20. The Hall–Kier alpha value is -3.84. The Morgan fingerprint density at radius 1 is 0.914 bits per heavy atom. The number of carbonyl (C=O) groups is 2. The highest BCUT2D eigenvalue weighted by Crippen LogP contribution is 2.39. The van der Waals surface area contributed by atoms with Gasteiger partial charge in [0.1, 0.15) is 5.75 Å². The zero-order valence-electron chi connectivity index (χ0n) is 19.6. The number of carbonyl (C=O) groups excluding carboxylic acids is 2. The highest BCUT2D eigenvalue weighted by molar-refractivity contribution is 5.95.